The lowest BCUT2D eigenvalue weighted by atomic mass is 10.1. The van der Waals surface area contributed by atoms with Gasteiger partial charge in [-0.1, -0.05) is 12.1 Å². The van der Waals surface area contributed by atoms with Gasteiger partial charge < -0.3 is 19.5 Å². The summed E-state index contributed by atoms with van der Waals surface area (Å²) < 4.78 is 18.7. The lowest BCUT2D eigenvalue weighted by molar-refractivity contribution is 0.171. The number of aromatic nitrogens is 2. The number of ether oxygens (including phenoxy) is 3. The molecule has 0 saturated heterocycles. The van der Waals surface area contributed by atoms with Crippen molar-refractivity contribution in [3.8, 4) is 22.9 Å². The molecule has 0 unspecified atom stereocenters. The summed E-state index contributed by atoms with van der Waals surface area (Å²) in [5.74, 6) is 3.51. The van der Waals surface area contributed by atoms with Crippen LogP contribution in [0.2, 0.25) is 0 Å². The maximum atomic E-state index is 5.73. The Balaban J connectivity index is 1.52. The van der Waals surface area contributed by atoms with E-state index in [1.165, 1.54) is 11.1 Å². The Kier molecular flexibility index (Phi) is 3.89. The van der Waals surface area contributed by atoms with Crippen molar-refractivity contribution in [3.05, 3.63) is 59.3 Å². The first-order valence-electron chi connectivity index (χ1n) is 9.19. The van der Waals surface area contributed by atoms with Crippen LogP contribution in [-0.2, 0) is 12.8 Å². The first-order valence-corrected chi connectivity index (χ1v) is 9.19. The van der Waals surface area contributed by atoms with Crippen LogP contribution in [0.4, 0.5) is 5.82 Å². The number of nitrogens with zero attached hydrogens (tertiary/aromatic N) is 2. The third kappa shape index (κ3) is 2.87. The van der Waals surface area contributed by atoms with Crippen LogP contribution in [0.25, 0.3) is 5.69 Å². The van der Waals surface area contributed by atoms with Crippen molar-refractivity contribution in [2.75, 3.05) is 32.2 Å². The largest absolute Gasteiger partial charge is 0.497 e. The van der Waals surface area contributed by atoms with E-state index >= 15 is 0 Å². The van der Waals surface area contributed by atoms with Crippen molar-refractivity contribution in [1.29, 1.82) is 0 Å². The first kappa shape index (κ1) is 16.1. The molecule has 0 radical (unpaired) electrons. The summed E-state index contributed by atoms with van der Waals surface area (Å²) in [6.45, 7) is 2.10. The molecule has 27 heavy (non-hydrogen) atoms. The Morgan fingerprint density at radius 1 is 1.11 bits per heavy atom. The fourth-order valence-corrected chi connectivity index (χ4v) is 3.71. The molecule has 3 heterocycles. The van der Waals surface area contributed by atoms with Gasteiger partial charge in [-0.05, 0) is 36.2 Å². The van der Waals surface area contributed by atoms with Crippen LogP contribution in [0.3, 0.4) is 0 Å². The van der Waals surface area contributed by atoms with Crippen molar-refractivity contribution in [2.45, 2.75) is 12.8 Å². The highest BCUT2D eigenvalue weighted by Crippen LogP contribution is 2.35. The first-order chi connectivity index (χ1) is 13.3. The fourth-order valence-electron chi connectivity index (χ4n) is 3.71. The number of hydrogen-bond acceptors (Lipinski definition) is 5. The molecule has 0 atom stereocenters. The highest BCUT2D eigenvalue weighted by atomic mass is 16.6. The molecule has 2 aliphatic rings. The molecule has 0 spiro atoms. The van der Waals surface area contributed by atoms with E-state index in [9.17, 15) is 0 Å². The van der Waals surface area contributed by atoms with Crippen molar-refractivity contribution >= 4 is 5.82 Å². The minimum atomic E-state index is 0.576. The molecule has 0 fully saturated rings. The van der Waals surface area contributed by atoms with Crippen molar-refractivity contribution in [3.63, 3.8) is 0 Å². The summed E-state index contributed by atoms with van der Waals surface area (Å²) in [6.07, 6.45) is 1.76. The van der Waals surface area contributed by atoms with Gasteiger partial charge >= 0.3 is 0 Å². The molecule has 1 N–H and O–H groups in total. The topological polar surface area (TPSA) is 57.5 Å². The number of anilines is 1. The van der Waals surface area contributed by atoms with Gasteiger partial charge in [0, 0.05) is 24.6 Å². The molecule has 3 aromatic rings. The van der Waals surface area contributed by atoms with Gasteiger partial charge in [0.1, 0.15) is 24.8 Å². The zero-order valence-electron chi connectivity index (χ0n) is 15.2. The Hall–Kier alpha value is -3.15. The van der Waals surface area contributed by atoms with Crippen LogP contribution in [0.5, 0.6) is 17.2 Å². The fraction of sp³-hybridized carbons (Fsp3) is 0.286. The summed E-state index contributed by atoms with van der Waals surface area (Å²) in [4.78, 5) is 0. The second kappa shape index (κ2) is 6.54. The average molecular weight is 363 g/mol. The minimum absolute atomic E-state index is 0.576. The number of rotatable bonds is 4. The summed E-state index contributed by atoms with van der Waals surface area (Å²) in [7, 11) is 1.69. The van der Waals surface area contributed by atoms with Gasteiger partial charge in [-0.25, -0.2) is 4.68 Å². The lowest BCUT2D eigenvalue weighted by Gasteiger charge is -2.19. The normalized spacial score (nSPS) is 14.6. The molecule has 6 nitrogen and oxygen atoms in total. The standard InChI is InChI=1S/C21H21N3O3/c1-25-16-4-2-3-14(11-16)12-18-17-7-8-22-21(17)24(23-18)15-5-6-19-20(13-15)27-10-9-26-19/h2-6,11,13,22H,7-10,12H2,1H3. The summed E-state index contributed by atoms with van der Waals surface area (Å²) >= 11 is 0. The lowest BCUT2D eigenvalue weighted by Crippen LogP contribution is -2.15. The monoisotopic (exact) mass is 363 g/mol. The quantitative estimate of drug-likeness (QED) is 0.771. The predicted molar refractivity (Wildman–Crippen MR) is 103 cm³/mol. The molecule has 0 amide bonds. The molecule has 1 aromatic heterocycles. The van der Waals surface area contributed by atoms with Gasteiger partial charge in [0.05, 0.1) is 18.5 Å². The molecule has 0 bridgehead atoms. The SMILES string of the molecule is COc1cccc(Cc2nn(-c3ccc4c(c3)OCCO4)c3c2CCN3)c1. The Morgan fingerprint density at radius 2 is 2.00 bits per heavy atom. The number of benzene rings is 2. The Bertz CT molecular complexity index is 996. The minimum Gasteiger partial charge on any atom is -0.497 e. The molecule has 2 aromatic carbocycles. The maximum Gasteiger partial charge on any atom is 0.163 e. The van der Waals surface area contributed by atoms with Crippen molar-refractivity contribution in [2.24, 2.45) is 0 Å². The molecule has 2 aliphatic heterocycles. The van der Waals surface area contributed by atoms with Crippen molar-refractivity contribution in [1.82, 2.24) is 9.78 Å². The molecule has 0 saturated carbocycles. The van der Waals surface area contributed by atoms with Gasteiger partial charge in [-0.15, -0.1) is 0 Å². The molecule has 5 rings (SSSR count). The van der Waals surface area contributed by atoms with E-state index in [1.54, 1.807) is 7.11 Å². The zero-order valence-corrected chi connectivity index (χ0v) is 15.2. The summed E-state index contributed by atoms with van der Waals surface area (Å²) in [5.41, 5.74) is 4.54. The van der Waals surface area contributed by atoms with Crippen LogP contribution in [0, 0.1) is 0 Å². The predicted octanol–water partition coefficient (Wildman–Crippen LogP) is 3.21. The smallest absolute Gasteiger partial charge is 0.163 e. The maximum absolute atomic E-state index is 5.73. The number of nitrogens with one attached hydrogen (secondary N) is 1. The summed E-state index contributed by atoms with van der Waals surface area (Å²) in [5, 5.41) is 8.40. The van der Waals surface area contributed by atoms with Crippen molar-refractivity contribution < 1.29 is 14.2 Å². The van der Waals surface area contributed by atoms with Crippen LogP contribution in [-0.4, -0.2) is 36.6 Å². The second-order valence-electron chi connectivity index (χ2n) is 6.72. The molecular formula is C21H21N3O3. The van der Waals surface area contributed by atoms with Crippen LogP contribution < -0.4 is 19.5 Å². The Morgan fingerprint density at radius 3 is 2.89 bits per heavy atom. The van der Waals surface area contributed by atoms with E-state index in [2.05, 4.69) is 17.4 Å². The van der Waals surface area contributed by atoms with E-state index < -0.39 is 0 Å². The number of hydrogen-bond donors (Lipinski definition) is 1. The van der Waals surface area contributed by atoms with Gasteiger partial charge in [0.25, 0.3) is 0 Å². The highest BCUT2D eigenvalue weighted by molar-refractivity contribution is 5.59. The second-order valence-corrected chi connectivity index (χ2v) is 6.72. The number of fused-ring (bicyclic) bond motifs is 2. The summed E-state index contributed by atoms with van der Waals surface area (Å²) in [6, 6.07) is 14.1. The van der Waals surface area contributed by atoms with Gasteiger partial charge in [-0.3, -0.25) is 0 Å². The van der Waals surface area contributed by atoms with E-state index in [0.29, 0.717) is 13.2 Å². The van der Waals surface area contributed by atoms with Gasteiger partial charge in [-0.2, -0.15) is 5.10 Å². The molecule has 138 valence electrons. The van der Waals surface area contributed by atoms with E-state index in [-0.39, 0.29) is 0 Å². The van der Waals surface area contributed by atoms with Crippen LogP contribution in [0.1, 0.15) is 16.8 Å². The highest BCUT2D eigenvalue weighted by Gasteiger charge is 2.24. The third-order valence-corrected chi connectivity index (χ3v) is 5.01. The average Bonchev–Trinajstić information content (AvgIpc) is 3.32. The molecule has 6 heteroatoms. The van der Waals surface area contributed by atoms with Gasteiger partial charge in [0.2, 0.25) is 0 Å². The van der Waals surface area contributed by atoms with Gasteiger partial charge in [0.15, 0.2) is 11.5 Å². The third-order valence-electron chi connectivity index (χ3n) is 5.01. The van der Waals surface area contributed by atoms with Crippen LogP contribution >= 0.6 is 0 Å². The molecule has 0 aliphatic carbocycles. The number of methoxy groups -OCH3 is 1. The van der Waals surface area contributed by atoms with Crippen LogP contribution in [0.15, 0.2) is 42.5 Å². The molecular weight excluding hydrogens is 342 g/mol. The van der Waals surface area contributed by atoms with E-state index in [1.807, 2.05) is 35.0 Å². The zero-order chi connectivity index (χ0) is 18.2. The Labute approximate surface area is 157 Å². The van der Waals surface area contributed by atoms with E-state index in [0.717, 1.165) is 53.8 Å². The van der Waals surface area contributed by atoms with E-state index in [4.69, 9.17) is 19.3 Å².